The Morgan fingerprint density at radius 3 is 2.33 bits per heavy atom. The van der Waals surface area contributed by atoms with E-state index in [-0.39, 0.29) is 17.5 Å². The molecule has 4 heteroatoms. The monoisotopic (exact) mass is 327 g/mol. The number of hydrogen-bond donors (Lipinski definition) is 1. The topological polar surface area (TPSA) is 40.5 Å². The Morgan fingerprint density at radius 1 is 1.08 bits per heavy atom. The smallest absolute Gasteiger partial charge is 0.166 e. The zero-order chi connectivity index (χ0) is 16.9. The summed E-state index contributed by atoms with van der Waals surface area (Å²) in [5.74, 6) is -0.241. The minimum Gasteiger partial charge on any atom is -0.387 e. The van der Waals surface area contributed by atoms with E-state index in [0.717, 1.165) is 31.5 Å². The molecular formula is C20H22FNO2. The van der Waals surface area contributed by atoms with Gasteiger partial charge in [0, 0.05) is 18.0 Å². The van der Waals surface area contributed by atoms with Gasteiger partial charge in [-0.25, -0.2) is 4.39 Å². The van der Waals surface area contributed by atoms with Crippen molar-refractivity contribution in [3.8, 4) is 0 Å². The second-order valence-electron chi connectivity index (χ2n) is 6.37. The lowest BCUT2D eigenvalue weighted by Gasteiger charge is -2.32. The van der Waals surface area contributed by atoms with Crippen LogP contribution in [-0.4, -0.2) is 35.4 Å². The first kappa shape index (κ1) is 16.8. The molecule has 0 aromatic heterocycles. The summed E-state index contributed by atoms with van der Waals surface area (Å²) in [6, 6.07) is 15.4. The Bertz CT molecular complexity index is 664. The number of aliphatic hydroxyl groups excluding tert-OH is 1. The Balaban J connectivity index is 1.52. The molecule has 1 saturated heterocycles. The Kier molecular flexibility index (Phi) is 5.38. The number of ketones is 1. The summed E-state index contributed by atoms with van der Waals surface area (Å²) in [6.07, 6.45) is 1.05. The van der Waals surface area contributed by atoms with Crippen molar-refractivity contribution in [3.63, 3.8) is 0 Å². The van der Waals surface area contributed by atoms with E-state index in [0.29, 0.717) is 12.1 Å². The molecule has 0 spiro atoms. The van der Waals surface area contributed by atoms with E-state index in [4.69, 9.17) is 0 Å². The lowest BCUT2D eigenvalue weighted by atomic mass is 9.88. The molecule has 0 saturated carbocycles. The predicted octanol–water partition coefficient (Wildman–Crippen LogP) is 3.45. The van der Waals surface area contributed by atoms with Crippen molar-refractivity contribution < 1.29 is 14.3 Å². The molecule has 1 fully saturated rings. The Morgan fingerprint density at radius 2 is 1.71 bits per heavy atom. The summed E-state index contributed by atoms with van der Waals surface area (Å²) >= 11 is 0. The van der Waals surface area contributed by atoms with Crippen LogP contribution < -0.4 is 0 Å². The molecule has 0 radical (unpaired) electrons. The van der Waals surface area contributed by atoms with Gasteiger partial charge in [-0.15, -0.1) is 0 Å². The van der Waals surface area contributed by atoms with Crippen LogP contribution in [-0.2, 0) is 0 Å². The highest BCUT2D eigenvalue weighted by atomic mass is 19.1. The van der Waals surface area contributed by atoms with Crippen LogP contribution in [0.4, 0.5) is 4.39 Å². The van der Waals surface area contributed by atoms with Crippen LogP contribution in [0.25, 0.3) is 0 Å². The van der Waals surface area contributed by atoms with Crippen LogP contribution in [0, 0.1) is 11.7 Å². The van der Waals surface area contributed by atoms with Crippen LogP contribution >= 0.6 is 0 Å². The normalized spacial score (nSPS) is 17.6. The van der Waals surface area contributed by atoms with Gasteiger partial charge >= 0.3 is 0 Å². The number of benzene rings is 2. The van der Waals surface area contributed by atoms with E-state index in [9.17, 15) is 14.3 Å². The number of hydrogen-bond acceptors (Lipinski definition) is 3. The zero-order valence-electron chi connectivity index (χ0n) is 13.6. The molecule has 24 heavy (non-hydrogen) atoms. The third-order valence-electron chi connectivity index (χ3n) is 4.70. The maximum absolute atomic E-state index is 13.0. The van der Waals surface area contributed by atoms with E-state index in [1.165, 1.54) is 12.1 Å². The standard InChI is InChI=1S/C20H22FNO2/c21-18-8-6-16(7-9-18)20(24)17-10-12-22(13-11-17)14-19(23)15-4-2-1-3-5-15/h1-9,17,19,23H,10-14H2/t19-/m0/s1. The SMILES string of the molecule is O=C(c1ccc(F)cc1)C1CCN(C[C@H](O)c2ccccc2)CC1. The predicted molar refractivity (Wildman–Crippen MR) is 91.3 cm³/mol. The van der Waals surface area contributed by atoms with Crippen LogP contribution in [0.5, 0.6) is 0 Å². The number of Topliss-reactive ketones (excluding diaryl/α,β-unsaturated/α-hetero) is 1. The van der Waals surface area contributed by atoms with Gasteiger partial charge in [0.15, 0.2) is 5.78 Å². The first-order valence-electron chi connectivity index (χ1n) is 8.38. The number of likely N-dealkylation sites (tertiary alicyclic amines) is 1. The number of piperidine rings is 1. The number of rotatable bonds is 5. The maximum atomic E-state index is 13.0. The van der Waals surface area contributed by atoms with E-state index in [1.54, 1.807) is 12.1 Å². The minimum absolute atomic E-state index is 0.0134. The van der Waals surface area contributed by atoms with Gasteiger partial charge < -0.3 is 10.0 Å². The number of halogens is 1. The Labute approximate surface area is 141 Å². The van der Waals surface area contributed by atoms with Gasteiger partial charge in [-0.1, -0.05) is 30.3 Å². The van der Waals surface area contributed by atoms with E-state index >= 15 is 0 Å². The van der Waals surface area contributed by atoms with Crippen molar-refractivity contribution in [1.29, 1.82) is 0 Å². The zero-order valence-corrected chi connectivity index (χ0v) is 13.6. The van der Waals surface area contributed by atoms with Crippen molar-refractivity contribution >= 4 is 5.78 Å². The second kappa shape index (κ2) is 7.69. The molecule has 0 aliphatic carbocycles. The Hall–Kier alpha value is -2.04. The van der Waals surface area contributed by atoms with Crippen molar-refractivity contribution in [2.45, 2.75) is 18.9 Å². The lowest BCUT2D eigenvalue weighted by molar-refractivity contribution is 0.0727. The minimum atomic E-state index is -0.504. The molecule has 3 nitrogen and oxygen atoms in total. The average molecular weight is 327 g/mol. The molecule has 2 aromatic rings. The third-order valence-corrected chi connectivity index (χ3v) is 4.70. The van der Waals surface area contributed by atoms with E-state index < -0.39 is 6.10 Å². The molecular weight excluding hydrogens is 305 g/mol. The number of carbonyl (C=O) groups excluding carboxylic acids is 1. The van der Waals surface area contributed by atoms with Gasteiger partial charge in [0.1, 0.15) is 5.82 Å². The molecule has 3 rings (SSSR count). The van der Waals surface area contributed by atoms with Crippen LogP contribution in [0.2, 0.25) is 0 Å². The van der Waals surface area contributed by atoms with Gasteiger partial charge in [0.25, 0.3) is 0 Å². The largest absolute Gasteiger partial charge is 0.387 e. The quantitative estimate of drug-likeness (QED) is 0.855. The fourth-order valence-electron chi connectivity index (χ4n) is 3.25. The van der Waals surface area contributed by atoms with Gasteiger partial charge in [-0.05, 0) is 55.8 Å². The molecule has 2 aromatic carbocycles. The molecule has 1 aliphatic rings. The molecule has 0 bridgehead atoms. The van der Waals surface area contributed by atoms with Crippen LogP contribution in [0.15, 0.2) is 54.6 Å². The second-order valence-corrected chi connectivity index (χ2v) is 6.37. The van der Waals surface area contributed by atoms with E-state index in [2.05, 4.69) is 4.90 Å². The van der Waals surface area contributed by atoms with E-state index in [1.807, 2.05) is 30.3 Å². The average Bonchev–Trinajstić information content (AvgIpc) is 2.63. The van der Waals surface area contributed by atoms with Crippen LogP contribution in [0.1, 0.15) is 34.9 Å². The fourth-order valence-corrected chi connectivity index (χ4v) is 3.25. The first-order chi connectivity index (χ1) is 11.6. The summed E-state index contributed by atoms with van der Waals surface area (Å²) < 4.78 is 13.0. The number of β-amino-alcohol motifs (C(OH)–C–C–N with tert-alkyl or cyclic N) is 1. The summed E-state index contributed by atoms with van der Waals surface area (Å²) in [5.41, 5.74) is 1.50. The molecule has 1 heterocycles. The molecule has 126 valence electrons. The summed E-state index contributed by atoms with van der Waals surface area (Å²) in [4.78, 5) is 14.7. The summed E-state index contributed by atoms with van der Waals surface area (Å²) in [7, 11) is 0. The molecule has 1 N–H and O–H groups in total. The van der Waals surface area contributed by atoms with Gasteiger partial charge in [-0.2, -0.15) is 0 Å². The van der Waals surface area contributed by atoms with Gasteiger partial charge in [0.2, 0.25) is 0 Å². The number of carbonyl (C=O) groups is 1. The van der Waals surface area contributed by atoms with Crippen molar-refractivity contribution in [2.24, 2.45) is 5.92 Å². The fraction of sp³-hybridized carbons (Fsp3) is 0.350. The highest BCUT2D eigenvalue weighted by Gasteiger charge is 2.26. The van der Waals surface area contributed by atoms with Crippen LogP contribution in [0.3, 0.4) is 0 Å². The van der Waals surface area contributed by atoms with Gasteiger partial charge in [-0.3, -0.25) is 4.79 Å². The highest BCUT2D eigenvalue weighted by molar-refractivity contribution is 5.97. The summed E-state index contributed by atoms with van der Waals surface area (Å²) in [6.45, 7) is 2.17. The van der Waals surface area contributed by atoms with Crippen molar-refractivity contribution in [1.82, 2.24) is 4.90 Å². The third kappa shape index (κ3) is 4.08. The molecule has 0 unspecified atom stereocenters. The molecule has 0 amide bonds. The maximum Gasteiger partial charge on any atom is 0.166 e. The van der Waals surface area contributed by atoms with Crippen molar-refractivity contribution in [3.05, 3.63) is 71.5 Å². The first-order valence-corrected chi connectivity index (χ1v) is 8.38. The highest BCUT2D eigenvalue weighted by Crippen LogP contribution is 2.24. The van der Waals surface area contributed by atoms with Crippen molar-refractivity contribution in [2.75, 3.05) is 19.6 Å². The number of nitrogens with zero attached hydrogens (tertiary/aromatic N) is 1. The van der Waals surface area contributed by atoms with Gasteiger partial charge in [0.05, 0.1) is 6.10 Å². The number of aliphatic hydroxyl groups is 1. The lowest BCUT2D eigenvalue weighted by Crippen LogP contribution is -2.38. The molecule has 1 aliphatic heterocycles. The molecule has 1 atom stereocenters. The summed E-state index contributed by atoms with van der Waals surface area (Å²) in [5, 5.41) is 10.3.